The number of ether oxygens (including phenoxy) is 2. The number of fused-ring (bicyclic) bond motifs is 2. The molecule has 4 aromatic carbocycles. The van der Waals surface area contributed by atoms with E-state index in [0.717, 1.165) is 0 Å². The molecule has 0 radical (unpaired) electrons. The molecule has 2 aliphatic heterocycles. The smallest absolute Gasteiger partial charge is 0.305 e. The number of nitrogens with zero attached hydrogens (tertiary/aromatic N) is 1. The number of rotatable bonds is 6. The monoisotopic (exact) mass is 631 g/mol. The molecule has 44 heavy (non-hydrogen) atoms. The fraction of sp³-hybridized carbons (Fsp3) is 0.125. The quantitative estimate of drug-likeness (QED) is 0.215. The second-order valence-corrected chi connectivity index (χ2v) is 11.2. The minimum Gasteiger partial charge on any atom is -0.439 e. The summed E-state index contributed by atoms with van der Waals surface area (Å²) in [5.41, 5.74) is 4.26. The lowest BCUT2D eigenvalue weighted by Crippen LogP contribution is -2.54. The van der Waals surface area contributed by atoms with Crippen LogP contribution in [0.1, 0.15) is 56.0 Å². The van der Waals surface area contributed by atoms with Crippen molar-refractivity contribution in [1.82, 2.24) is 15.9 Å². The van der Waals surface area contributed by atoms with Crippen molar-refractivity contribution in [3.05, 3.63) is 129 Å². The van der Waals surface area contributed by atoms with Gasteiger partial charge in [-0.15, -0.1) is 5.06 Å². The molecule has 0 atom stereocenters. The first kappa shape index (κ1) is 29.2. The predicted octanol–water partition coefficient (Wildman–Crippen LogP) is 5.43. The van der Waals surface area contributed by atoms with Crippen LogP contribution < -0.4 is 20.3 Å². The lowest BCUT2D eigenvalue weighted by atomic mass is 9.97. The van der Waals surface area contributed by atoms with Crippen LogP contribution in [-0.4, -0.2) is 34.3 Å². The molecule has 4 aromatic rings. The summed E-state index contributed by atoms with van der Waals surface area (Å²) < 4.78 is 12.7. The SMILES string of the molecule is CC(C)(ON1C(=O)c2ccccc2C1=O)C(=O)NNC(=O)c1cc(Cl)c2c(c1Cl)OC(c1ccccc1)(c1ccccc1)O2. The van der Waals surface area contributed by atoms with Crippen molar-refractivity contribution in [2.24, 2.45) is 0 Å². The van der Waals surface area contributed by atoms with E-state index in [0.29, 0.717) is 16.2 Å². The van der Waals surface area contributed by atoms with Gasteiger partial charge in [0.2, 0.25) is 0 Å². The summed E-state index contributed by atoms with van der Waals surface area (Å²) in [6, 6.07) is 25.8. The average Bonchev–Trinajstić information content (AvgIpc) is 3.57. The Balaban J connectivity index is 1.20. The minimum absolute atomic E-state index is 0.0395. The number of hydrazine groups is 1. The number of nitrogens with one attached hydrogen (secondary N) is 2. The van der Waals surface area contributed by atoms with E-state index in [2.05, 4.69) is 10.9 Å². The summed E-state index contributed by atoms with van der Waals surface area (Å²) in [4.78, 5) is 57.1. The Morgan fingerprint density at radius 3 is 1.82 bits per heavy atom. The topological polar surface area (TPSA) is 123 Å². The van der Waals surface area contributed by atoms with Crippen LogP contribution in [0, 0.1) is 0 Å². The van der Waals surface area contributed by atoms with Gasteiger partial charge in [-0.1, -0.05) is 96.0 Å². The van der Waals surface area contributed by atoms with Crippen molar-refractivity contribution in [3.63, 3.8) is 0 Å². The zero-order chi connectivity index (χ0) is 31.2. The standard InChI is InChI=1S/C32H23Cl2N3O7/c1-31(2,44-37-28(39)20-15-9-10-16-21(20)29(37)40)30(41)36-35-27(38)22-17-23(33)25-26(24(22)34)43-32(42-25,18-11-5-3-6-12-18)19-13-7-4-8-14-19/h3-17H,1-2H3,(H,35,38)(H,36,41). The van der Waals surface area contributed by atoms with Crippen molar-refractivity contribution >= 4 is 46.8 Å². The first-order valence-electron chi connectivity index (χ1n) is 13.3. The van der Waals surface area contributed by atoms with E-state index in [1.165, 1.54) is 32.0 Å². The van der Waals surface area contributed by atoms with Crippen LogP contribution in [-0.2, 0) is 15.4 Å². The number of hydrogen-bond acceptors (Lipinski definition) is 7. The van der Waals surface area contributed by atoms with Gasteiger partial charge in [0, 0.05) is 11.1 Å². The van der Waals surface area contributed by atoms with E-state index in [1.54, 1.807) is 12.1 Å². The molecular formula is C32H23Cl2N3O7. The third kappa shape index (κ3) is 4.83. The second kappa shape index (κ2) is 11.0. The van der Waals surface area contributed by atoms with Gasteiger partial charge in [0.05, 0.1) is 26.7 Å². The summed E-state index contributed by atoms with van der Waals surface area (Å²) in [6.07, 6.45) is 0. The lowest BCUT2D eigenvalue weighted by molar-refractivity contribution is -0.185. The average molecular weight is 632 g/mol. The molecule has 4 amide bonds. The highest BCUT2D eigenvalue weighted by Crippen LogP contribution is 2.54. The molecule has 10 nitrogen and oxygen atoms in total. The first-order chi connectivity index (χ1) is 21.0. The summed E-state index contributed by atoms with van der Waals surface area (Å²) in [5, 5.41) is 0.460. The third-order valence-electron chi connectivity index (χ3n) is 7.09. The van der Waals surface area contributed by atoms with Crippen molar-refractivity contribution in [1.29, 1.82) is 0 Å². The van der Waals surface area contributed by atoms with Crippen LogP contribution in [0.3, 0.4) is 0 Å². The number of carbonyl (C=O) groups excluding carboxylic acids is 4. The Morgan fingerprint density at radius 1 is 0.773 bits per heavy atom. The highest BCUT2D eigenvalue weighted by molar-refractivity contribution is 6.38. The molecule has 0 fully saturated rings. The molecule has 2 aliphatic rings. The molecule has 2 heterocycles. The number of hydroxylamine groups is 2. The van der Waals surface area contributed by atoms with Crippen LogP contribution in [0.2, 0.25) is 10.0 Å². The number of carbonyl (C=O) groups is 4. The van der Waals surface area contributed by atoms with Gasteiger partial charge < -0.3 is 9.47 Å². The van der Waals surface area contributed by atoms with Crippen molar-refractivity contribution in [3.8, 4) is 11.5 Å². The van der Waals surface area contributed by atoms with Gasteiger partial charge in [0.1, 0.15) is 0 Å². The van der Waals surface area contributed by atoms with E-state index in [1.807, 2.05) is 60.7 Å². The molecule has 0 saturated carbocycles. The molecule has 12 heteroatoms. The van der Waals surface area contributed by atoms with Crippen molar-refractivity contribution in [2.45, 2.75) is 25.2 Å². The van der Waals surface area contributed by atoms with Gasteiger partial charge in [-0.3, -0.25) is 30.0 Å². The van der Waals surface area contributed by atoms with Crippen molar-refractivity contribution < 1.29 is 33.5 Å². The fourth-order valence-corrected chi connectivity index (χ4v) is 5.31. The Morgan fingerprint density at radius 2 is 1.27 bits per heavy atom. The van der Waals surface area contributed by atoms with Crippen LogP contribution >= 0.6 is 23.2 Å². The molecule has 0 saturated heterocycles. The van der Waals surface area contributed by atoms with Gasteiger partial charge in [-0.2, -0.15) is 0 Å². The maximum Gasteiger partial charge on any atom is 0.305 e. The third-order valence-corrected chi connectivity index (χ3v) is 7.74. The summed E-state index contributed by atoms with van der Waals surface area (Å²) in [7, 11) is 0. The Hall–Kier alpha value is -4.90. The van der Waals surface area contributed by atoms with E-state index >= 15 is 0 Å². The number of hydrogen-bond donors (Lipinski definition) is 2. The first-order valence-corrected chi connectivity index (χ1v) is 14.1. The Kier molecular flexibility index (Phi) is 7.28. The molecule has 6 rings (SSSR count). The second-order valence-electron chi connectivity index (χ2n) is 10.4. The highest BCUT2D eigenvalue weighted by atomic mass is 35.5. The highest BCUT2D eigenvalue weighted by Gasteiger charge is 2.48. The molecule has 0 aliphatic carbocycles. The van der Waals surface area contributed by atoms with Crippen molar-refractivity contribution in [2.75, 3.05) is 0 Å². The lowest BCUT2D eigenvalue weighted by Gasteiger charge is -2.28. The van der Waals surface area contributed by atoms with Crippen LogP contribution in [0.4, 0.5) is 0 Å². The number of imide groups is 1. The molecule has 0 bridgehead atoms. The molecule has 0 unspecified atom stereocenters. The maximum absolute atomic E-state index is 13.2. The van der Waals surface area contributed by atoms with Gasteiger partial charge in [-0.05, 0) is 32.0 Å². The van der Waals surface area contributed by atoms with Gasteiger partial charge in [-0.25, -0.2) is 4.84 Å². The van der Waals surface area contributed by atoms with Gasteiger partial charge in [0.15, 0.2) is 17.1 Å². The maximum atomic E-state index is 13.2. The van der Waals surface area contributed by atoms with Gasteiger partial charge in [0.25, 0.3) is 23.6 Å². The zero-order valence-electron chi connectivity index (χ0n) is 23.2. The molecule has 0 aromatic heterocycles. The summed E-state index contributed by atoms with van der Waals surface area (Å²) in [6.45, 7) is 2.66. The van der Waals surface area contributed by atoms with E-state index in [9.17, 15) is 19.2 Å². The van der Waals surface area contributed by atoms with Crippen LogP contribution in [0.15, 0.2) is 91.0 Å². The van der Waals surface area contributed by atoms with E-state index < -0.39 is 35.0 Å². The fourth-order valence-electron chi connectivity index (χ4n) is 4.81. The summed E-state index contributed by atoms with van der Waals surface area (Å²) in [5.74, 6) is -4.37. The molecule has 2 N–H and O–H groups in total. The van der Waals surface area contributed by atoms with E-state index in [-0.39, 0.29) is 38.2 Å². The normalized spacial score (nSPS) is 14.8. The summed E-state index contributed by atoms with van der Waals surface area (Å²) >= 11 is 13.2. The zero-order valence-corrected chi connectivity index (χ0v) is 24.7. The Bertz CT molecular complexity index is 1760. The number of benzene rings is 4. The van der Waals surface area contributed by atoms with E-state index in [4.69, 9.17) is 37.5 Å². The predicted molar refractivity (Wildman–Crippen MR) is 159 cm³/mol. The minimum atomic E-state index is -1.76. The van der Waals surface area contributed by atoms with Crippen LogP contribution in [0.25, 0.3) is 0 Å². The number of halogens is 2. The molecule has 222 valence electrons. The Labute approximate surface area is 261 Å². The van der Waals surface area contributed by atoms with Gasteiger partial charge >= 0.3 is 5.79 Å². The molecule has 0 spiro atoms. The van der Waals surface area contributed by atoms with Crippen LogP contribution in [0.5, 0.6) is 11.5 Å². The molecular weight excluding hydrogens is 609 g/mol. The largest absolute Gasteiger partial charge is 0.439 e. The number of amides is 4.